The largest absolute Gasteiger partial charge is 0.506 e. The maximum atomic E-state index is 12.1. The van der Waals surface area contributed by atoms with Crippen LogP contribution in [-0.2, 0) is 0 Å². The van der Waals surface area contributed by atoms with Crippen molar-refractivity contribution in [1.82, 2.24) is 15.5 Å². The van der Waals surface area contributed by atoms with E-state index in [1.54, 1.807) is 25.2 Å². The molecule has 0 unspecified atom stereocenters. The highest BCUT2D eigenvalue weighted by molar-refractivity contribution is 5.94. The van der Waals surface area contributed by atoms with Crippen molar-refractivity contribution in [3.63, 3.8) is 0 Å². The smallest absolute Gasteiger partial charge is 0.251 e. The van der Waals surface area contributed by atoms with E-state index in [9.17, 15) is 9.90 Å². The van der Waals surface area contributed by atoms with Crippen molar-refractivity contribution in [2.75, 3.05) is 51.2 Å². The highest BCUT2D eigenvalue weighted by Crippen LogP contribution is 2.27. The Morgan fingerprint density at radius 1 is 0.964 bits per heavy atom. The number of hydrogen-bond donors (Lipinski definition) is 3. The number of benzene rings is 2. The first-order valence-electron chi connectivity index (χ1n) is 9.51. The Balaban J connectivity index is 1.42. The fraction of sp³-hybridized carbons (Fsp3) is 0.333. The summed E-state index contributed by atoms with van der Waals surface area (Å²) in [4.78, 5) is 20.8. The number of anilines is 1. The van der Waals surface area contributed by atoms with Gasteiger partial charge in [0.25, 0.3) is 5.91 Å². The molecule has 148 valence electrons. The first-order chi connectivity index (χ1) is 13.7. The fourth-order valence-electron chi connectivity index (χ4n) is 3.26. The molecule has 1 aliphatic rings. The summed E-state index contributed by atoms with van der Waals surface area (Å²) in [6, 6.07) is 16.6. The normalized spacial score (nSPS) is 14.7. The van der Waals surface area contributed by atoms with Crippen LogP contribution >= 0.6 is 0 Å². The highest BCUT2D eigenvalue weighted by Gasteiger charge is 2.21. The van der Waals surface area contributed by atoms with Crippen LogP contribution in [0.5, 0.6) is 5.75 Å². The number of nitrogens with one attached hydrogen (secondary N) is 2. The van der Waals surface area contributed by atoms with Crippen LogP contribution in [0.4, 0.5) is 5.69 Å². The number of phenols is 1. The molecule has 1 saturated heterocycles. The molecule has 0 aromatic heterocycles. The predicted octanol–water partition coefficient (Wildman–Crippen LogP) is 1.52. The summed E-state index contributed by atoms with van der Waals surface area (Å²) >= 11 is 0. The molecule has 1 amide bonds. The van der Waals surface area contributed by atoms with E-state index < -0.39 is 0 Å². The molecular formula is C21H27N5O2. The van der Waals surface area contributed by atoms with Crippen LogP contribution < -0.4 is 15.5 Å². The number of piperazine rings is 1. The second kappa shape index (κ2) is 9.64. The molecule has 0 saturated carbocycles. The Kier molecular flexibility index (Phi) is 6.73. The molecule has 0 radical (unpaired) electrons. The van der Waals surface area contributed by atoms with Crippen molar-refractivity contribution >= 4 is 17.6 Å². The van der Waals surface area contributed by atoms with E-state index in [1.165, 1.54) is 0 Å². The van der Waals surface area contributed by atoms with Crippen LogP contribution in [-0.4, -0.2) is 68.2 Å². The van der Waals surface area contributed by atoms with Gasteiger partial charge in [0, 0.05) is 51.9 Å². The van der Waals surface area contributed by atoms with E-state index in [0.717, 1.165) is 37.8 Å². The average molecular weight is 381 g/mol. The minimum Gasteiger partial charge on any atom is -0.506 e. The number of nitrogens with zero attached hydrogens (tertiary/aromatic N) is 3. The minimum absolute atomic E-state index is 0.0753. The summed E-state index contributed by atoms with van der Waals surface area (Å²) in [6.07, 6.45) is 0. The molecule has 2 aromatic rings. The van der Waals surface area contributed by atoms with Gasteiger partial charge in [0.2, 0.25) is 0 Å². The van der Waals surface area contributed by atoms with E-state index in [2.05, 4.69) is 25.4 Å². The molecule has 28 heavy (non-hydrogen) atoms. The Morgan fingerprint density at radius 3 is 2.29 bits per heavy atom. The summed E-state index contributed by atoms with van der Waals surface area (Å²) in [5.41, 5.74) is 1.53. The Morgan fingerprint density at radius 2 is 1.61 bits per heavy atom. The Bertz CT molecular complexity index is 801. The zero-order valence-corrected chi connectivity index (χ0v) is 16.1. The molecule has 2 aromatic carbocycles. The number of aliphatic imine (C=N–C) groups is 1. The quantitative estimate of drug-likeness (QED) is 0.416. The lowest BCUT2D eigenvalue weighted by Crippen LogP contribution is -2.53. The molecule has 3 rings (SSSR count). The van der Waals surface area contributed by atoms with Gasteiger partial charge in [-0.05, 0) is 24.3 Å². The molecule has 0 bridgehead atoms. The maximum absolute atomic E-state index is 12.1. The van der Waals surface area contributed by atoms with Gasteiger partial charge in [0.1, 0.15) is 5.75 Å². The summed E-state index contributed by atoms with van der Waals surface area (Å²) in [6.45, 7) is 4.36. The summed E-state index contributed by atoms with van der Waals surface area (Å²) in [5.74, 6) is 1.06. The van der Waals surface area contributed by atoms with E-state index in [1.807, 2.05) is 36.4 Å². The zero-order chi connectivity index (χ0) is 19.8. The van der Waals surface area contributed by atoms with Crippen LogP contribution in [0.2, 0.25) is 0 Å². The second-order valence-corrected chi connectivity index (χ2v) is 6.56. The molecule has 3 N–H and O–H groups in total. The van der Waals surface area contributed by atoms with Crippen molar-refractivity contribution in [3.8, 4) is 5.75 Å². The van der Waals surface area contributed by atoms with Crippen LogP contribution in [0, 0.1) is 0 Å². The molecule has 1 fully saturated rings. The number of carbonyl (C=O) groups excluding carboxylic acids is 1. The third-order valence-corrected chi connectivity index (χ3v) is 4.74. The van der Waals surface area contributed by atoms with E-state index in [-0.39, 0.29) is 5.91 Å². The van der Waals surface area contributed by atoms with Gasteiger partial charge >= 0.3 is 0 Å². The Hall–Kier alpha value is -3.22. The van der Waals surface area contributed by atoms with E-state index in [4.69, 9.17) is 0 Å². The van der Waals surface area contributed by atoms with Crippen molar-refractivity contribution in [1.29, 1.82) is 0 Å². The average Bonchev–Trinajstić information content (AvgIpc) is 2.75. The summed E-state index contributed by atoms with van der Waals surface area (Å²) in [7, 11) is 1.76. The lowest BCUT2D eigenvalue weighted by atomic mass is 10.2. The number of aromatic hydroxyl groups is 1. The Labute approximate surface area is 165 Å². The van der Waals surface area contributed by atoms with Crippen molar-refractivity contribution in [2.24, 2.45) is 4.99 Å². The standard InChI is InChI=1S/C21H27N5O2/c1-22-21(24-12-11-23-20(28)17-7-3-2-4-8-17)26-15-13-25(14-16-26)18-9-5-6-10-19(18)27/h2-10,27H,11-16H2,1H3,(H,22,24)(H,23,28). The lowest BCUT2D eigenvalue weighted by molar-refractivity contribution is 0.0954. The minimum atomic E-state index is -0.0753. The number of para-hydroxylation sites is 2. The molecule has 1 heterocycles. The molecule has 0 spiro atoms. The summed E-state index contributed by atoms with van der Waals surface area (Å²) < 4.78 is 0. The number of amides is 1. The maximum Gasteiger partial charge on any atom is 0.251 e. The molecule has 7 nitrogen and oxygen atoms in total. The van der Waals surface area contributed by atoms with Crippen LogP contribution in [0.1, 0.15) is 10.4 Å². The third kappa shape index (κ3) is 4.94. The summed E-state index contributed by atoms with van der Waals surface area (Å²) in [5, 5.41) is 16.2. The highest BCUT2D eigenvalue weighted by atomic mass is 16.3. The van der Waals surface area contributed by atoms with Gasteiger partial charge in [0.05, 0.1) is 5.69 Å². The number of carbonyl (C=O) groups is 1. The monoisotopic (exact) mass is 381 g/mol. The SMILES string of the molecule is CN=C(NCCNC(=O)c1ccccc1)N1CCN(c2ccccc2O)CC1. The van der Waals surface area contributed by atoms with Crippen LogP contribution in [0.15, 0.2) is 59.6 Å². The zero-order valence-electron chi connectivity index (χ0n) is 16.1. The van der Waals surface area contributed by atoms with Crippen LogP contribution in [0.25, 0.3) is 0 Å². The molecule has 0 atom stereocenters. The number of phenolic OH excluding ortho intramolecular Hbond substituents is 1. The van der Waals surface area contributed by atoms with Gasteiger partial charge in [-0.25, -0.2) is 0 Å². The van der Waals surface area contributed by atoms with Crippen LogP contribution in [0.3, 0.4) is 0 Å². The van der Waals surface area contributed by atoms with Gasteiger partial charge < -0.3 is 25.5 Å². The van der Waals surface area contributed by atoms with Gasteiger partial charge in [-0.15, -0.1) is 0 Å². The number of rotatable bonds is 5. The number of guanidine groups is 1. The van der Waals surface area contributed by atoms with Gasteiger partial charge in [-0.3, -0.25) is 9.79 Å². The topological polar surface area (TPSA) is 80.2 Å². The number of hydrogen-bond acceptors (Lipinski definition) is 4. The predicted molar refractivity (Wildman–Crippen MR) is 112 cm³/mol. The van der Waals surface area contributed by atoms with Gasteiger partial charge in [-0.1, -0.05) is 30.3 Å². The third-order valence-electron chi connectivity index (χ3n) is 4.74. The first kappa shape index (κ1) is 19.5. The molecule has 7 heteroatoms. The first-order valence-corrected chi connectivity index (χ1v) is 9.51. The van der Waals surface area contributed by atoms with Crippen molar-refractivity contribution in [2.45, 2.75) is 0 Å². The molecule has 1 aliphatic heterocycles. The fourth-order valence-corrected chi connectivity index (χ4v) is 3.26. The van der Waals surface area contributed by atoms with Gasteiger partial charge in [-0.2, -0.15) is 0 Å². The van der Waals surface area contributed by atoms with E-state index in [0.29, 0.717) is 24.4 Å². The van der Waals surface area contributed by atoms with Crippen molar-refractivity contribution in [3.05, 3.63) is 60.2 Å². The molecule has 0 aliphatic carbocycles. The lowest BCUT2D eigenvalue weighted by Gasteiger charge is -2.37. The van der Waals surface area contributed by atoms with E-state index >= 15 is 0 Å². The van der Waals surface area contributed by atoms with Crippen molar-refractivity contribution < 1.29 is 9.90 Å². The second-order valence-electron chi connectivity index (χ2n) is 6.56. The molecular weight excluding hydrogens is 354 g/mol. The van der Waals surface area contributed by atoms with Gasteiger partial charge in [0.15, 0.2) is 5.96 Å².